The molecule has 0 radical (unpaired) electrons. The molecule has 1 unspecified atom stereocenters. The third kappa shape index (κ3) is 2.44. The molecule has 0 saturated carbocycles. The predicted molar refractivity (Wildman–Crippen MR) is 50.9 cm³/mol. The standard InChI is InChI=1S/C7H12N4O3/c8-5-6(9-1-4(13)2-12)10-3-11-7(5)14/h3-4,12-13H,1-2,8H2,(H2,9,10,11,14). The van der Waals surface area contributed by atoms with Crippen LogP contribution in [0.5, 0.6) is 0 Å². The van der Waals surface area contributed by atoms with E-state index in [4.69, 9.17) is 15.9 Å². The molecule has 14 heavy (non-hydrogen) atoms. The van der Waals surface area contributed by atoms with E-state index in [1.165, 1.54) is 6.33 Å². The summed E-state index contributed by atoms with van der Waals surface area (Å²) in [6.07, 6.45) is 0.294. The van der Waals surface area contributed by atoms with E-state index in [0.29, 0.717) is 0 Å². The Labute approximate surface area is 79.6 Å². The van der Waals surface area contributed by atoms with Crippen molar-refractivity contribution in [2.45, 2.75) is 6.10 Å². The minimum atomic E-state index is -0.907. The quantitative estimate of drug-likeness (QED) is 0.387. The van der Waals surface area contributed by atoms with Crippen LogP contribution in [0.3, 0.4) is 0 Å². The Hall–Kier alpha value is -1.60. The van der Waals surface area contributed by atoms with Crippen LogP contribution in [-0.4, -0.2) is 39.4 Å². The molecule has 0 aliphatic heterocycles. The molecule has 1 aromatic rings. The van der Waals surface area contributed by atoms with Gasteiger partial charge in [0.1, 0.15) is 5.69 Å². The number of nitrogens with zero attached hydrogens (tertiary/aromatic N) is 1. The Balaban J connectivity index is 2.68. The van der Waals surface area contributed by atoms with Gasteiger partial charge in [-0.15, -0.1) is 0 Å². The zero-order valence-corrected chi connectivity index (χ0v) is 7.40. The van der Waals surface area contributed by atoms with Crippen LogP contribution in [0.25, 0.3) is 0 Å². The molecular weight excluding hydrogens is 188 g/mol. The molecule has 1 rings (SSSR count). The van der Waals surface area contributed by atoms with Gasteiger partial charge in [-0.1, -0.05) is 0 Å². The van der Waals surface area contributed by atoms with Crippen LogP contribution < -0.4 is 16.6 Å². The number of aromatic amines is 1. The first-order valence-electron chi connectivity index (χ1n) is 4.01. The van der Waals surface area contributed by atoms with E-state index >= 15 is 0 Å². The summed E-state index contributed by atoms with van der Waals surface area (Å²) in [5.41, 5.74) is 4.91. The van der Waals surface area contributed by atoms with Crippen molar-refractivity contribution in [3.05, 3.63) is 16.7 Å². The van der Waals surface area contributed by atoms with Crippen molar-refractivity contribution in [1.29, 1.82) is 0 Å². The highest BCUT2D eigenvalue weighted by atomic mass is 16.3. The average Bonchev–Trinajstić information content (AvgIpc) is 2.20. The number of aromatic nitrogens is 2. The largest absolute Gasteiger partial charge is 0.394 e. The van der Waals surface area contributed by atoms with E-state index in [1.54, 1.807) is 0 Å². The maximum atomic E-state index is 11.0. The lowest BCUT2D eigenvalue weighted by atomic mass is 10.3. The Morgan fingerprint density at radius 2 is 2.43 bits per heavy atom. The second-order valence-electron chi connectivity index (χ2n) is 2.71. The first-order valence-corrected chi connectivity index (χ1v) is 4.01. The zero-order chi connectivity index (χ0) is 10.6. The summed E-state index contributed by atoms with van der Waals surface area (Å²) < 4.78 is 0. The van der Waals surface area contributed by atoms with Crippen LogP contribution >= 0.6 is 0 Å². The van der Waals surface area contributed by atoms with Crippen LogP contribution in [0.15, 0.2) is 11.1 Å². The minimum Gasteiger partial charge on any atom is -0.394 e. The van der Waals surface area contributed by atoms with E-state index < -0.39 is 11.7 Å². The summed E-state index contributed by atoms with van der Waals surface area (Å²) >= 11 is 0. The van der Waals surface area contributed by atoms with Gasteiger partial charge in [0.15, 0.2) is 5.82 Å². The van der Waals surface area contributed by atoms with Crippen molar-refractivity contribution >= 4 is 11.5 Å². The number of nitrogens with one attached hydrogen (secondary N) is 2. The second kappa shape index (κ2) is 4.58. The van der Waals surface area contributed by atoms with E-state index in [0.717, 1.165) is 0 Å². The lowest BCUT2D eigenvalue weighted by Gasteiger charge is -2.09. The summed E-state index contributed by atoms with van der Waals surface area (Å²) in [5.74, 6) is 0.196. The van der Waals surface area contributed by atoms with Crippen LogP contribution in [-0.2, 0) is 0 Å². The maximum Gasteiger partial charge on any atom is 0.276 e. The third-order valence-corrected chi connectivity index (χ3v) is 1.60. The Morgan fingerprint density at radius 3 is 3.07 bits per heavy atom. The van der Waals surface area contributed by atoms with Gasteiger partial charge >= 0.3 is 0 Å². The van der Waals surface area contributed by atoms with Crippen molar-refractivity contribution in [2.75, 3.05) is 24.2 Å². The molecule has 0 saturated heterocycles. The molecule has 0 aliphatic carbocycles. The maximum absolute atomic E-state index is 11.0. The van der Waals surface area contributed by atoms with Crippen molar-refractivity contribution in [3.8, 4) is 0 Å². The molecule has 7 heteroatoms. The van der Waals surface area contributed by atoms with Gasteiger partial charge in [-0.25, -0.2) is 4.98 Å². The van der Waals surface area contributed by atoms with Crippen LogP contribution in [0, 0.1) is 0 Å². The smallest absolute Gasteiger partial charge is 0.276 e. The van der Waals surface area contributed by atoms with Crippen LogP contribution in [0.4, 0.5) is 11.5 Å². The minimum absolute atomic E-state index is 0.0439. The molecular formula is C7H12N4O3. The number of aliphatic hydroxyl groups excluding tert-OH is 2. The van der Waals surface area contributed by atoms with Crippen molar-refractivity contribution in [2.24, 2.45) is 0 Å². The normalized spacial score (nSPS) is 12.4. The molecule has 0 amide bonds. The van der Waals surface area contributed by atoms with Gasteiger partial charge in [-0.05, 0) is 0 Å². The number of hydrogen-bond donors (Lipinski definition) is 5. The second-order valence-corrected chi connectivity index (χ2v) is 2.71. The Kier molecular flexibility index (Phi) is 3.43. The molecule has 78 valence electrons. The first kappa shape index (κ1) is 10.5. The van der Waals surface area contributed by atoms with E-state index in [9.17, 15) is 4.79 Å². The summed E-state index contributed by atoms with van der Waals surface area (Å²) in [7, 11) is 0. The van der Waals surface area contributed by atoms with Crippen LogP contribution in [0.2, 0.25) is 0 Å². The molecule has 1 aromatic heterocycles. The van der Waals surface area contributed by atoms with Gasteiger partial charge in [0.05, 0.1) is 19.0 Å². The molecule has 7 nitrogen and oxygen atoms in total. The van der Waals surface area contributed by atoms with E-state index in [1.807, 2.05) is 0 Å². The Bertz CT molecular complexity index is 351. The molecule has 0 bridgehead atoms. The summed E-state index contributed by atoms with van der Waals surface area (Å²) in [5, 5.41) is 20.2. The van der Waals surface area contributed by atoms with E-state index in [-0.39, 0.29) is 24.7 Å². The highest BCUT2D eigenvalue weighted by Gasteiger charge is 2.06. The van der Waals surface area contributed by atoms with E-state index in [2.05, 4.69) is 15.3 Å². The number of aliphatic hydroxyl groups is 2. The third-order valence-electron chi connectivity index (χ3n) is 1.60. The van der Waals surface area contributed by atoms with Crippen LogP contribution in [0.1, 0.15) is 0 Å². The summed E-state index contributed by atoms with van der Waals surface area (Å²) in [4.78, 5) is 17.0. The van der Waals surface area contributed by atoms with Gasteiger partial charge in [-0.3, -0.25) is 4.79 Å². The number of nitrogens with two attached hydrogens (primary N) is 1. The van der Waals surface area contributed by atoms with Gasteiger partial charge < -0.3 is 26.2 Å². The molecule has 0 spiro atoms. The Morgan fingerprint density at radius 1 is 1.71 bits per heavy atom. The lowest BCUT2D eigenvalue weighted by molar-refractivity contribution is 0.105. The molecule has 0 aromatic carbocycles. The van der Waals surface area contributed by atoms with Gasteiger partial charge in [0, 0.05) is 6.54 Å². The van der Waals surface area contributed by atoms with Crippen molar-refractivity contribution in [3.63, 3.8) is 0 Å². The highest BCUT2D eigenvalue weighted by Crippen LogP contribution is 2.06. The lowest BCUT2D eigenvalue weighted by Crippen LogP contribution is -2.25. The fourth-order valence-corrected chi connectivity index (χ4v) is 0.830. The number of anilines is 2. The van der Waals surface area contributed by atoms with Crippen molar-refractivity contribution < 1.29 is 10.2 Å². The number of nitrogen functional groups attached to an aromatic ring is 1. The molecule has 1 heterocycles. The van der Waals surface area contributed by atoms with Crippen molar-refractivity contribution in [1.82, 2.24) is 9.97 Å². The fourth-order valence-electron chi connectivity index (χ4n) is 0.830. The zero-order valence-electron chi connectivity index (χ0n) is 7.40. The monoisotopic (exact) mass is 200 g/mol. The number of H-pyrrole nitrogens is 1. The number of hydrogen-bond acceptors (Lipinski definition) is 6. The SMILES string of the molecule is Nc1c(NCC(O)CO)nc[nH]c1=O. The average molecular weight is 200 g/mol. The molecule has 6 N–H and O–H groups in total. The fraction of sp³-hybridized carbons (Fsp3) is 0.429. The summed E-state index contributed by atoms with van der Waals surface area (Å²) in [6.45, 7) is -0.284. The predicted octanol–water partition coefficient (Wildman–Crippen LogP) is -1.88. The van der Waals surface area contributed by atoms with Gasteiger partial charge in [0.25, 0.3) is 5.56 Å². The first-order chi connectivity index (χ1) is 6.65. The molecule has 0 fully saturated rings. The highest BCUT2D eigenvalue weighted by molar-refractivity contribution is 5.58. The number of rotatable bonds is 4. The molecule has 0 aliphatic rings. The molecule has 1 atom stereocenters. The van der Waals surface area contributed by atoms with Gasteiger partial charge in [-0.2, -0.15) is 0 Å². The summed E-state index contributed by atoms with van der Waals surface area (Å²) in [6, 6.07) is 0. The topological polar surface area (TPSA) is 124 Å². The van der Waals surface area contributed by atoms with Gasteiger partial charge in [0.2, 0.25) is 0 Å².